The van der Waals surface area contributed by atoms with E-state index in [9.17, 15) is 0 Å². The molecular weight excluding hydrogens is 220 g/mol. The van der Waals surface area contributed by atoms with Crippen LogP contribution in [0.4, 0.5) is 11.4 Å². The van der Waals surface area contributed by atoms with E-state index in [1.54, 1.807) is 0 Å². The second-order valence-electron chi connectivity index (χ2n) is 5.64. The van der Waals surface area contributed by atoms with Gasteiger partial charge in [0.15, 0.2) is 0 Å². The minimum absolute atomic E-state index is 0.615. The molecule has 0 spiro atoms. The van der Waals surface area contributed by atoms with Gasteiger partial charge < -0.3 is 11.1 Å². The van der Waals surface area contributed by atoms with Crippen LogP contribution >= 0.6 is 0 Å². The molecule has 2 heteroatoms. The highest BCUT2D eigenvalue weighted by Gasteiger charge is 2.20. The Morgan fingerprint density at radius 2 is 1.89 bits per heavy atom. The second kappa shape index (κ2) is 4.68. The van der Waals surface area contributed by atoms with E-state index in [-0.39, 0.29) is 0 Å². The number of fused-ring (bicyclic) bond motifs is 1. The summed E-state index contributed by atoms with van der Waals surface area (Å²) in [5, 5.41) is 3.64. The molecule has 0 saturated heterocycles. The average Bonchev–Trinajstić information content (AvgIpc) is 2.77. The molecule has 0 heterocycles. The molecule has 0 bridgehead atoms. The monoisotopic (exact) mass is 242 g/mol. The van der Waals surface area contributed by atoms with Gasteiger partial charge in [0, 0.05) is 6.04 Å². The number of nitrogen functional groups attached to an aromatic ring is 1. The summed E-state index contributed by atoms with van der Waals surface area (Å²) in [6.07, 6.45) is 8.76. The van der Waals surface area contributed by atoms with Gasteiger partial charge in [-0.05, 0) is 48.4 Å². The van der Waals surface area contributed by atoms with Crippen molar-refractivity contribution in [1.29, 1.82) is 0 Å². The third kappa shape index (κ3) is 2.00. The van der Waals surface area contributed by atoms with Crippen LogP contribution in [0.2, 0.25) is 0 Å². The summed E-state index contributed by atoms with van der Waals surface area (Å²) in [5.74, 6) is 0. The first-order chi connectivity index (χ1) is 8.75. The first-order valence-corrected chi connectivity index (χ1v) is 7.12. The Bertz CT molecular complexity index is 470. The highest BCUT2D eigenvalue weighted by Crippen LogP contribution is 2.38. The van der Waals surface area contributed by atoms with Crippen LogP contribution in [-0.2, 0) is 6.42 Å². The third-order valence-electron chi connectivity index (χ3n) is 4.38. The summed E-state index contributed by atoms with van der Waals surface area (Å²) in [6.45, 7) is 4.11. The predicted molar refractivity (Wildman–Crippen MR) is 78.7 cm³/mol. The van der Waals surface area contributed by atoms with Crippen LogP contribution in [0.5, 0.6) is 0 Å². The fraction of sp³-hybridized carbons (Fsp3) is 0.500. The molecule has 1 fully saturated rings. The summed E-state index contributed by atoms with van der Waals surface area (Å²) < 4.78 is 0. The van der Waals surface area contributed by atoms with Crippen LogP contribution in [0.1, 0.15) is 49.7 Å². The molecule has 1 saturated carbocycles. The van der Waals surface area contributed by atoms with Crippen molar-refractivity contribution < 1.29 is 0 Å². The van der Waals surface area contributed by atoms with E-state index in [0.29, 0.717) is 6.04 Å². The van der Waals surface area contributed by atoms with E-state index in [4.69, 9.17) is 5.73 Å². The van der Waals surface area contributed by atoms with E-state index < -0.39 is 0 Å². The van der Waals surface area contributed by atoms with Crippen molar-refractivity contribution in [2.75, 3.05) is 11.1 Å². The number of anilines is 2. The molecule has 2 aliphatic rings. The molecule has 18 heavy (non-hydrogen) atoms. The molecule has 1 aromatic carbocycles. The van der Waals surface area contributed by atoms with Crippen LogP contribution in [0.25, 0.3) is 5.57 Å². The smallest absolute Gasteiger partial charge is 0.0588 e. The molecular formula is C16H22N2. The van der Waals surface area contributed by atoms with Gasteiger partial charge in [0.25, 0.3) is 0 Å². The van der Waals surface area contributed by atoms with Crippen molar-refractivity contribution in [3.8, 4) is 0 Å². The van der Waals surface area contributed by atoms with Gasteiger partial charge in [-0.15, -0.1) is 0 Å². The topological polar surface area (TPSA) is 38.0 Å². The average molecular weight is 242 g/mol. The SMILES string of the molecule is C=C1CCc2c1ccc(NC1CCCCC1)c2N. The summed E-state index contributed by atoms with van der Waals surface area (Å²) in [6, 6.07) is 4.94. The molecule has 2 nitrogen and oxygen atoms in total. The molecule has 0 unspecified atom stereocenters. The molecule has 0 aliphatic heterocycles. The standard InChI is InChI=1S/C16H22N2/c1-11-7-8-14-13(11)9-10-15(16(14)17)18-12-5-3-2-4-6-12/h9-10,12,18H,1-8,17H2. The van der Waals surface area contributed by atoms with Crippen molar-refractivity contribution >= 4 is 16.9 Å². The van der Waals surface area contributed by atoms with Crippen LogP contribution in [0, 0.1) is 0 Å². The minimum Gasteiger partial charge on any atom is -0.397 e. The highest BCUT2D eigenvalue weighted by molar-refractivity contribution is 5.82. The highest BCUT2D eigenvalue weighted by atomic mass is 14.9. The van der Waals surface area contributed by atoms with Gasteiger partial charge in [-0.25, -0.2) is 0 Å². The second-order valence-corrected chi connectivity index (χ2v) is 5.64. The number of rotatable bonds is 2. The maximum absolute atomic E-state index is 6.31. The van der Waals surface area contributed by atoms with Crippen molar-refractivity contribution in [2.45, 2.75) is 51.0 Å². The Labute approximate surface area is 109 Å². The van der Waals surface area contributed by atoms with Crippen LogP contribution in [0.3, 0.4) is 0 Å². The van der Waals surface area contributed by atoms with Crippen LogP contribution in [-0.4, -0.2) is 6.04 Å². The maximum Gasteiger partial charge on any atom is 0.0588 e. The first-order valence-electron chi connectivity index (χ1n) is 7.12. The summed E-state index contributed by atoms with van der Waals surface area (Å²) in [7, 11) is 0. The number of benzene rings is 1. The van der Waals surface area contributed by atoms with Crippen molar-refractivity contribution in [2.24, 2.45) is 0 Å². The molecule has 0 aromatic heterocycles. The zero-order valence-corrected chi connectivity index (χ0v) is 11.0. The van der Waals surface area contributed by atoms with Crippen molar-refractivity contribution in [1.82, 2.24) is 0 Å². The van der Waals surface area contributed by atoms with E-state index in [0.717, 1.165) is 24.2 Å². The number of nitrogens with two attached hydrogens (primary N) is 1. The Kier molecular flexibility index (Phi) is 3.02. The van der Waals surface area contributed by atoms with Crippen LogP contribution < -0.4 is 11.1 Å². The largest absolute Gasteiger partial charge is 0.397 e. The normalized spacial score (nSPS) is 19.9. The predicted octanol–water partition coefficient (Wildman–Crippen LogP) is 3.97. The lowest BCUT2D eigenvalue weighted by Crippen LogP contribution is -2.23. The Hall–Kier alpha value is -1.44. The van der Waals surface area contributed by atoms with Gasteiger partial charge >= 0.3 is 0 Å². The minimum atomic E-state index is 0.615. The summed E-state index contributed by atoms with van der Waals surface area (Å²) >= 11 is 0. The van der Waals surface area contributed by atoms with E-state index >= 15 is 0 Å². The zero-order chi connectivity index (χ0) is 12.5. The fourth-order valence-electron chi connectivity index (χ4n) is 3.27. The molecule has 1 aromatic rings. The van der Waals surface area contributed by atoms with Gasteiger partial charge in [-0.2, -0.15) is 0 Å². The first kappa shape index (κ1) is 11.6. The number of hydrogen-bond donors (Lipinski definition) is 2. The van der Waals surface area contributed by atoms with Crippen molar-refractivity contribution in [3.05, 3.63) is 29.8 Å². The quantitative estimate of drug-likeness (QED) is 0.770. The fourth-order valence-corrected chi connectivity index (χ4v) is 3.27. The third-order valence-corrected chi connectivity index (χ3v) is 4.38. The van der Waals surface area contributed by atoms with E-state index in [2.05, 4.69) is 24.0 Å². The van der Waals surface area contributed by atoms with Gasteiger partial charge in [-0.1, -0.05) is 31.9 Å². The van der Waals surface area contributed by atoms with Gasteiger partial charge in [0.05, 0.1) is 11.4 Å². The van der Waals surface area contributed by atoms with E-state index in [1.807, 2.05) is 0 Å². The summed E-state index contributed by atoms with van der Waals surface area (Å²) in [5.41, 5.74) is 12.2. The lowest BCUT2D eigenvalue weighted by Gasteiger charge is -2.25. The van der Waals surface area contributed by atoms with Gasteiger partial charge in [0.2, 0.25) is 0 Å². The number of hydrogen-bond acceptors (Lipinski definition) is 2. The molecule has 2 aliphatic carbocycles. The molecule has 0 radical (unpaired) electrons. The van der Waals surface area contributed by atoms with Crippen molar-refractivity contribution in [3.63, 3.8) is 0 Å². The lowest BCUT2D eigenvalue weighted by molar-refractivity contribution is 0.463. The zero-order valence-electron chi connectivity index (χ0n) is 11.0. The Morgan fingerprint density at radius 1 is 1.11 bits per heavy atom. The van der Waals surface area contributed by atoms with E-state index in [1.165, 1.54) is 48.8 Å². The molecule has 0 atom stereocenters. The molecule has 3 rings (SSSR count). The lowest BCUT2D eigenvalue weighted by atomic mass is 9.95. The molecule has 0 amide bonds. The number of allylic oxidation sites excluding steroid dienone is 1. The summed E-state index contributed by atoms with van der Waals surface area (Å²) in [4.78, 5) is 0. The Morgan fingerprint density at radius 3 is 2.67 bits per heavy atom. The van der Waals surface area contributed by atoms with Crippen LogP contribution in [0.15, 0.2) is 18.7 Å². The molecule has 3 N–H and O–H groups in total. The van der Waals surface area contributed by atoms with Gasteiger partial charge in [0.1, 0.15) is 0 Å². The number of nitrogens with one attached hydrogen (secondary N) is 1. The van der Waals surface area contributed by atoms with Gasteiger partial charge in [-0.3, -0.25) is 0 Å². The molecule has 96 valence electrons. The maximum atomic E-state index is 6.31. The Balaban J connectivity index is 1.83.